The lowest BCUT2D eigenvalue weighted by atomic mass is 10.2. The third-order valence-corrected chi connectivity index (χ3v) is 5.31. The van der Waals surface area contributed by atoms with E-state index in [-0.39, 0.29) is 12.3 Å². The molecule has 1 unspecified atom stereocenters. The van der Waals surface area contributed by atoms with Crippen LogP contribution in [0.5, 0.6) is 5.75 Å². The highest BCUT2D eigenvalue weighted by molar-refractivity contribution is 6.05. The first-order valence-corrected chi connectivity index (χ1v) is 11.4. The van der Waals surface area contributed by atoms with Crippen molar-refractivity contribution < 1.29 is 23.9 Å². The number of nitrogens with one attached hydrogen (secondary N) is 2. The summed E-state index contributed by atoms with van der Waals surface area (Å²) in [5.74, 6) is -4.48. The van der Waals surface area contributed by atoms with E-state index in [0.29, 0.717) is 11.4 Å². The van der Waals surface area contributed by atoms with Gasteiger partial charge in [0, 0.05) is 25.3 Å². The van der Waals surface area contributed by atoms with E-state index in [1.54, 1.807) is 67.7 Å². The molecule has 0 heterocycles. The number of ether oxygens (including phenoxy) is 1. The largest absolute Gasteiger partial charge is 0.446 e. The molecule has 4 N–H and O–H groups in total. The number of aryl methyl sites for hydroxylation is 1. The number of carbonyl (C=O) groups excluding carboxylic acids is 4. The molecule has 3 aromatic carbocycles. The summed E-state index contributed by atoms with van der Waals surface area (Å²) in [4.78, 5) is 53.7. The van der Waals surface area contributed by atoms with E-state index in [0.717, 1.165) is 17.4 Å². The van der Waals surface area contributed by atoms with E-state index in [1.807, 2.05) is 24.4 Å². The highest BCUT2D eigenvalue weighted by atomic mass is 16.5. The van der Waals surface area contributed by atoms with Crippen LogP contribution in [-0.2, 0) is 14.4 Å². The monoisotopic (exact) mass is 503 g/mol. The van der Waals surface area contributed by atoms with Gasteiger partial charge in [-0.25, -0.2) is 4.79 Å². The van der Waals surface area contributed by atoms with Gasteiger partial charge in [-0.05, 0) is 48.9 Å². The summed E-state index contributed by atoms with van der Waals surface area (Å²) in [6.45, 7) is 2.58. The fourth-order valence-corrected chi connectivity index (χ4v) is 3.40. The van der Waals surface area contributed by atoms with Crippen LogP contribution in [0.2, 0.25) is 0 Å². The zero-order chi connectivity index (χ0) is 27.0. The van der Waals surface area contributed by atoms with Gasteiger partial charge in [0.1, 0.15) is 12.3 Å². The molecule has 0 aliphatic heterocycles. The quantitative estimate of drug-likeness (QED) is 0.405. The molecule has 0 bridgehead atoms. The number of anilines is 2. The predicted molar refractivity (Wildman–Crippen MR) is 140 cm³/mol. The Kier molecular flexibility index (Phi) is 8.59. The maximum Gasteiger partial charge on any atom is 0.326 e. The molecule has 0 radical (unpaired) electrons. The number of likely N-dealkylation sites (N-methyl/N-ethyl adjacent to an activating group) is 1. The SMILES string of the molecule is CC(=O)NC(=O)C(N)(NC(=O)N(CC(=O)N(C)c1ccccc1)c1cccc(C)c1)Oc1ccccc1. The van der Waals surface area contributed by atoms with Crippen molar-refractivity contribution in [1.29, 1.82) is 0 Å². The van der Waals surface area contributed by atoms with Crippen molar-refractivity contribution in [3.8, 4) is 5.75 Å². The van der Waals surface area contributed by atoms with Crippen LogP contribution in [0.3, 0.4) is 0 Å². The lowest BCUT2D eigenvalue weighted by Gasteiger charge is -2.32. The number of hydrogen-bond acceptors (Lipinski definition) is 6. The van der Waals surface area contributed by atoms with E-state index in [2.05, 4.69) is 5.32 Å². The Morgan fingerprint density at radius 2 is 1.49 bits per heavy atom. The predicted octanol–water partition coefficient (Wildman–Crippen LogP) is 2.53. The second-order valence-corrected chi connectivity index (χ2v) is 8.30. The first kappa shape index (κ1) is 26.9. The molecule has 10 nitrogen and oxygen atoms in total. The van der Waals surface area contributed by atoms with Crippen LogP contribution in [-0.4, -0.2) is 43.2 Å². The Morgan fingerprint density at radius 3 is 2.08 bits per heavy atom. The zero-order valence-corrected chi connectivity index (χ0v) is 20.8. The average Bonchev–Trinajstić information content (AvgIpc) is 2.87. The number of hydrogen-bond donors (Lipinski definition) is 3. The van der Waals surface area contributed by atoms with E-state index < -0.39 is 29.6 Å². The Morgan fingerprint density at radius 1 is 0.892 bits per heavy atom. The first-order valence-electron chi connectivity index (χ1n) is 11.4. The molecule has 0 aliphatic rings. The van der Waals surface area contributed by atoms with Gasteiger partial charge in [0.15, 0.2) is 0 Å². The number of benzene rings is 3. The van der Waals surface area contributed by atoms with Crippen LogP contribution in [0.1, 0.15) is 12.5 Å². The van der Waals surface area contributed by atoms with Gasteiger partial charge in [0.2, 0.25) is 11.8 Å². The number of rotatable bonds is 8. The Bertz CT molecular complexity index is 1270. The van der Waals surface area contributed by atoms with Crippen molar-refractivity contribution in [2.75, 3.05) is 23.4 Å². The number of para-hydroxylation sites is 2. The average molecular weight is 504 g/mol. The number of imide groups is 1. The second-order valence-electron chi connectivity index (χ2n) is 8.30. The molecule has 0 aliphatic carbocycles. The zero-order valence-electron chi connectivity index (χ0n) is 20.8. The van der Waals surface area contributed by atoms with Crippen molar-refractivity contribution in [3.63, 3.8) is 0 Å². The fourth-order valence-electron chi connectivity index (χ4n) is 3.40. The van der Waals surface area contributed by atoms with Crippen molar-refractivity contribution in [2.45, 2.75) is 19.7 Å². The summed E-state index contributed by atoms with van der Waals surface area (Å²) < 4.78 is 5.63. The fraction of sp³-hybridized carbons (Fsp3) is 0.185. The molecule has 1 atom stereocenters. The van der Waals surface area contributed by atoms with Crippen molar-refractivity contribution >= 4 is 35.1 Å². The Hall–Kier alpha value is -4.70. The van der Waals surface area contributed by atoms with Gasteiger partial charge in [0.05, 0.1) is 0 Å². The molecule has 0 saturated heterocycles. The topological polar surface area (TPSA) is 134 Å². The maximum absolute atomic E-state index is 13.6. The van der Waals surface area contributed by atoms with Crippen LogP contribution in [0.15, 0.2) is 84.9 Å². The van der Waals surface area contributed by atoms with Gasteiger partial charge in [-0.3, -0.25) is 35.7 Å². The molecule has 10 heteroatoms. The minimum atomic E-state index is -2.47. The van der Waals surface area contributed by atoms with Gasteiger partial charge in [-0.2, -0.15) is 0 Å². The summed E-state index contributed by atoms with van der Waals surface area (Å²) in [6, 6.07) is 23.1. The molecule has 0 fully saturated rings. The number of nitrogens with two attached hydrogens (primary N) is 1. The summed E-state index contributed by atoms with van der Waals surface area (Å²) in [5, 5.41) is 4.40. The standard InChI is InChI=1S/C27H29N5O5/c1-19-11-10-14-22(17-19)32(18-24(34)31(3)21-12-6-4-7-13-21)26(36)30-27(28,25(35)29-20(2)33)37-23-15-8-5-9-16-23/h4-17H,18,28H2,1-3H3,(H,30,36)(H,29,33,35). The molecule has 3 rings (SSSR count). The summed E-state index contributed by atoms with van der Waals surface area (Å²) in [7, 11) is 1.59. The smallest absolute Gasteiger partial charge is 0.326 e. The minimum absolute atomic E-state index is 0.172. The lowest BCUT2D eigenvalue weighted by Crippen LogP contribution is -2.71. The molecule has 0 saturated carbocycles. The molecule has 0 spiro atoms. The molecule has 3 aromatic rings. The molecular formula is C27H29N5O5. The molecular weight excluding hydrogens is 474 g/mol. The highest BCUT2D eigenvalue weighted by Gasteiger charge is 2.41. The van der Waals surface area contributed by atoms with E-state index in [4.69, 9.17) is 10.5 Å². The maximum atomic E-state index is 13.6. The molecule has 192 valence electrons. The number of nitrogens with zero attached hydrogens (tertiary/aromatic N) is 2. The van der Waals surface area contributed by atoms with Gasteiger partial charge in [-0.1, -0.05) is 48.5 Å². The van der Waals surface area contributed by atoms with Crippen LogP contribution < -0.4 is 30.9 Å². The molecule has 5 amide bonds. The molecule has 0 aromatic heterocycles. The van der Waals surface area contributed by atoms with E-state index in [1.165, 1.54) is 17.0 Å². The summed E-state index contributed by atoms with van der Waals surface area (Å²) in [5.41, 5.74) is 8.08. The Balaban J connectivity index is 1.93. The van der Waals surface area contributed by atoms with Gasteiger partial charge in [-0.15, -0.1) is 0 Å². The van der Waals surface area contributed by atoms with Crippen molar-refractivity contribution in [3.05, 3.63) is 90.5 Å². The van der Waals surface area contributed by atoms with Crippen LogP contribution >= 0.6 is 0 Å². The van der Waals surface area contributed by atoms with Gasteiger partial charge in [0.25, 0.3) is 0 Å². The van der Waals surface area contributed by atoms with Crippen LogP contribution in [0, 0.1) is 6.92 Å². The van der Waals surface area contributed by atoms with Crippen LogP contribution in [0.25, 0.3) is 0 Å². The first-order chi connectivity index (χ1) is 17.6. The molecule has 37 heavy (non-hydrogen) atoms. The normalized spacial score (nSPS) is 12.0. The lowest BCUT2D eigenvalue weighted by molar-refractivity contribution is -0.142. The number of carbonyl (C=O) groups is 4. The van der Waals surface area contributed by atoms with E-state index >= 15 is 0 Å². The van der Waals surface area contributed by atoms with Crippen molar-refractivity contribution in [1.82, 2.24) is 10.6 Å². The van der Waals surface area contributed by atoms with Crippen molar-refractivity contribution in [2.24, 2.45) is 5.73 Å². The van der Waals surface area contributed by atoms with Gasteiger partial charge >= 0.3 is 17.8 Å². The third kappa shape index (κ3) is 7.15. The van der Waals surface area contributed by atoms with Gasteiger partial charge < -0.3 is 9.64 Å². The minimum Gasteiger partial charge on any atom is -0.446 e. The van der Waals surface area contributed by atoms with E-state index in [9.17, 15) is 19.2 Å². The Labute approximate surface area is 215 Å². The second kappa shape index (κ2) is 11.8. The number of amides is 5. The third-order valence-electron chi connectivity index (χ3n) is 5.31. The number of urea groups is 1. The van der Waals surface area contributed by atoms with Crippen LogP contribution in [0.4, 0.5) is 16.2 Å². The summed E-state index contributed by atoms with van der Waals surface area (Å²) >= 11 is 0. The summed E-state index contributed by atoms with van der Waals surface area (Å²) in [6.07, 6.45) is 0. The highest BCUT2D eigenvalue weighted by Crippen LogP contribution is 2.20.